The van der Waals surface area contributed by atoms with Crippen molar-refractivity contribution in [1.29, 1.82) is 0 Å². The Bertz CT molecular complexity index is 253. The fourth-order valence-corrected chi connectivity index (χ4v) is 2.09. The Morgan fingerprint density at radius 2 is 2.28 bits per heavy atom. The summed E-state index contributed by atoms with van der Waals surface area (Å²) in [6, 6.07) is 0. The van der Waals surface area contributed by atoms with Gasteiger partial charge in [-0.3, -0.25) is 9.69 Å². The first-order valence-corrected chi connectivity index (χ1v) is 6.36. The van der Waals surface area contributed by atoms with Crippen molar-refractivity contribution in [3.05, 3.63) is 0 Å². The quantitative estimate of drug-likeness (QED) is 0.655. The lowest BCUT2D eigenvalue weighted by Gasteiger charge is -2.22. The lowest BCUT2D eigenvalue weighted by Crippen LogP contribution is -2.39. The third-order valence-corrected chi connectivity index (χ3v) is 3.27. The Hall–Kier alpha value is -0.360. The third kappa shape index (κ3) is 6.00. The maximum atomic E-state index is 11.6. The highest BCUT2D eigenvalue weighted by atomic mass is 35.5. The largest absolute Gasteiger partial charge is 0.380 e. The van der Waals surface area contributed by atoms with Crippen molar-refractivity contribution >= 4 is 18.3 Å². The van der Waals surface area contributed by atoms with Crippen molar-refractivity contribution in [3.8, 4) is 0 Å². The van der Waals surface area contributed by atoms with Gasteiger partial charge in [-0.15, -0.1) is 12.4 Å². The van der Waals surface area contributed by atoms with Gasteiger partial charge in [0.15, 0.2) is 0 Å². The highest BCUT2D eigenvalue weighted by molar-refractivity contribution is 5.85. The van der Waals surface area contributed by atoms with Crippen LogP contribution in [0.15, 0.2) is 0 Å². The van der Waals surface area contributed by atoms with Gasteiger partial charge in [0, 0.05) is 19.7 Å². The Balaban J connectivity index is 0.00000289. The number of nitrogens with one attached hydrogen (secondary N) is 1. The number of nitrogens with zero attached hydrogens (tertiary/aromatic N) is 1. The first kappa shape index (κ1) is 17.6. The van der Waals surface area contributed by atoms with Crippen LogP contribution in [0.3, 0.4) is 0 Å². The molecule has 0 aromatic rings. The Morgan fingerprint density at radius 1 is 1.56 bits per heavy atom. The van der Waals surface area contributed by atoms with Gasteiger partial charge in [-0.05, 0) is 31.8 Å². The smallest absolute Gasteiger partial charge is 0.234 e. The van der Waals surface area contributed by atoms with Crippen LogP contribution >= 0.6 is 12.4 Å². The molecule has 0 radical (unpaired) electrons. The molecule has 0 bridgehead atoms. The number of hydrogen-bond acceptors (Lipinski definition) is 4. The van der Waals surface area contributed by atoms with E-state index in [1.54, 1.807) is 0 Å². The number of carbonyl (C=O) groups is 1. The van der Waals surface area contributed by atoms with Crippen LogP contribution in [0.2, 0.25) is 0 Å². The number of likely N-dealkylation sites (tertiary alicyclic amines) is 1. The summed E-state index contributed by atoms with van der Waals surface area (Å²) < 4.78 is 5.16. The van der Waals surface area contributed by atoms with E-state index in [9.17, 15) is 4.79 Å². The highest BCUT2D eigenvalue weighted by Gasteiger charge is 2.32. The SMILES string of the molecule is CCOCCNC(=O)CN1CCC(C)(CN)C1.Cl. The number of nitrogens with two attached hydrogens (primary N) is 1. The molecule has 0 aliphatic carbocycles. The van der Waals surface area contributed by atoms with E-state index in [1.807, 2.05) is 6.92 Å². The number of carbonyl (C=O) groups excluding carboxylic acids is 1. The highest BCUT2D eigenvalue weighted by Crippen LogP contribution is 2.27. The van der Waals surface area contributed by atoms with E-state index in [0.29, 0.717) is 32.8 Å². The van der Waals surface area contributed by atoms with Gasteiger partial charge < -0.3 is 15.8 Å². The molecule has 18 heavy (non-hydrogen) atoms. The number of amides is 1. The number of hydrogen-bond donors (Lipinski definition) is 2. The molecule has 0 saturated carbocycles. The van der Waals surface area contributed by atoms with E-state index >= 15 is 0 Å². The van der Waals surface area contributed by atoms with Gasteiger partial charge in [0.2, 0.25) is 5.91 Å². The molecule has 1 aliphatic heterocycles. The molecule has 1 amide bonds. The van der Waals surface area contributed by atoms with Crippen molar-refractivity contribution in [2.45, 2.75) is 20.3 Å². The van der Waals surface area contributed by atoms with Crippen molar-refractivity contribution in [2.24, 2.45) is 11.1 Å². The van der Waals surface area contributed by atoms with E-state index in [4.69, 9.17) is 10.5 Å². The first-order chi connectivity index (χ1) is 8.09. The molecule has 1 saturated heterocycles. The van der Waals surface area contributed by atoms with Gasteiger partial charge in [-0.1, -0.05) is 6.92 Å². The number of rotatable bonds is 7. The van der Waals surface area contributed by atoms with Crippen molar-refractivity contribution in [2.75, 3.05) is 45.9 Å². The molecule has 1 rings (SSSR count). The zero-order valence-corrected chi connectivity index (χ0v) is 12.2. The van der Waals surface area contributed by atoms with Crippen LogP contribution in [0.1, 0.15) is 20.3 Å². The Morgan fingerprint density at radius 3 is 2.83 bits per heavy atom. The zero-order valence-electron chi connectivity index (χ0n) is 11.4. The standard InChI is InChI=1S/C12H25N3O2.ClH/c1-3-17-7-5-14-11(16)8-15-6-4-12(2,9-13)10-15;/h3-10,13H2,1-2H3,(H,14,16);1H. The van der Waals surface area contributed by atoms with Gasteiger partial charge in [0.1, 0.15) is 0 Å². The second-order valence-electron chi connectivity index (χ2n) is 5.02. The van der Waals surface area contributed by atoms with E-state index in [-0.39, 0.29) is 23.7 Å². The molecule has 1 unspecified atom stereocenters. The van der Waals surface area contributed by atoms with E-state index in [0.717, 1.165) is 19.5 Å². The molecule has 0 spiro atoms. The molecule has 1 aliphatic rings. The molecular formula is C12H26ClN3O2. The number of ether oxygens (including phenoxy) is 1. The van der Waals surface area contributed by atoms with Crippen LogP contribution in [0.4, 0.5) is 0 Å². The molecule has 1 fully saturated rings. The first-order valence-electron chi connectivity index (χ1n) is 6.36. The Labute approximate surface area is 116 Å². The van der Waals surface area contributed by atoms with Gasteiger partial charge in [-0.25, -0.2) is 0 Å². The van der Waals surface area contributed by atoms with Gasteiger partial charge in [0.25, 0.3) is 0 Å². The minimum atomic E-state index is 0. The fourth-order valence-electron chi connectivity index (χ4n) is 2.09. The number of halogens is 1. The zero-order chi connectivity index (χ0) is 12.7. The lowest BCUT2D eigenvalue weighted by molar-refractivity contribution is -0.122. The minimum absolute atomic E-state index is 0. The molecule has 3 N–H and O–H groups in total. The van der Waals surface area contributed by atoms with Crippen LogP contribution in [0, 0.1) is 5.41 Å². The fraction of sp³-hybridized carbons (Fsp3) is 0.917. The van der Waals surface area contributed by atoms with Crippen molar-refractivity contribution in [3.63, 3.8) is 0 Å². The lowest BCUT2D eigenvalue weighted by atomic mass is 9.90. The molecule has 1 atom stereocenters. The topological polar surface area (TPSA) is 67.6 Å². The maximum Gasteiger partial charge on any atom is 0.234 e. The third-order valence-electron chi connectivity index (χ3n) is 3.27. The molecule has 0 aromatic carbocycles. The van der Waals surface area contributed by atoms with Gasteiger partial charge in [-0.2, -0.15) is 0 Å². The molecular weight excluding hydrogens is 254 g/mol. The van der Waals surface area contributed by atoms with Gasteiger partial charge in [0.05, 0.1) is 13.2 Å². The second-order valence-corrected chi connectivity index (χ2v) is 5.02. The van der Waals surface area contributed by atoms with E-state index in [1.165, 1.54) is 0 Å². The van der Waals surface area contributed by atoms with Crippen LogP contribution < -0.4 is 11.1 Å². The summed E-state index contributed by atoms with van der Waals surface area (Å²) in [6.45, 7) is 9.04. The van der Waals surface area contributed by atoms with Crippen molar-refractivity contribution in [1.82, 2.24) is 10.2 Å². The summed E-state index contributed by atoms with van der Waals surface area (Å²) in [6.07, 6.45) is 1.08. The monoisotopic (exact) mass is 279 g/mol. The second kappa shape index (κ2) is 8.69. The minimum Gasteiger partial charge on any atom is -0.380 e. The summed E-state index contributed by atoms with van der Waals surface area (Å²) in [5.74, 6) is 0.0750. The summed E-state index contributed by atoms with van der Waals surface area (Å²) in [4.78, 5) is 13.8. The van der Waals surface area contributed by atoms with Gasteiger partial charge >= 0.3 is 0 Å². The van der Waals surface area contributed by atoms with Crippen LogP contribution in [0.5, 0.6) is 0 Å². The predicted octanol–water partition coefficient (Wildman–Crippen LogP) is 0.232. The average molecular weight is 280 g/mol. The Kier molecular flexibility index (Phi) is 8.52. The molecule has 5 nitrogen and oxygen atoms in total. The van der Waals surface area contributed by atoms with Crippen LogP contribution in [0.25, 0.3) is 0 Å². The van der Waals surface area contributed by atoms with E-state index in [2.05, 4.69) is 17.1 Å². The average Bonchev–Trinajstić information content (AvgIpc) is 2.67. The molecule has 108 valence electrons. The molecule has 0 aromatic heterocycles. The summed E-state index contributed by atoms with van der Waals surface area (Å²) in [7, 11) is 0. The normalized spacial score (nSPS) is 23.7. The molecule has 1 heterocycles. The molecule has 6 heteroatoms. The summed E-state index contributed by atoms with van der Waals surface area (Å²) >= 11 is 0. The van der Waals surface area contributed by atoms with Crippen LogP contribution in [-0.2, 0) is 9.53 Å². The predicted molar refractivity (Wildman–Crippen MR) is 75.0 cm³/mol. The summed E-state index contributed by atoms with van der Waals surface area (Å²) in [5.41, 5.74) is 5.92. The van der Waals surface area contributed by atoms with Crippen LogP contribution in [-0.4, -0.2) is 56.7 Å². The maximum absolute atomic E-state index is 11.6. The van der Waals surface area contributed by atoms with E-state index < -0.39 is 0 Å². The summed E-state index contributed by atoms with van der Waals surface area (Å²) in [5, 5.41) is 2.85. The van der Waals surface area contributed by atoms with Crippen molar-refractivity contribution < 1.29 is 9.53 Å².